The Morgan fingerprint density at radius 3 is 2.42 bits per heavy atom. The predicted molar refractivity (Wildman–Crippen MR) is 93.1 cm³/mol. The van der Waals surface area contributed by atoms with Gasteiger partial charge in [0.1, 0.15) is 34.6 Å². The molecule has 0 N–H and O–H groups in total. The molecule has 0 aliphatic heterocycles. The van der Waals surface area contributed by atoms with E-state index >= 15 is 0 Å². The molecule has 1 aromatic heterocycles. The van der Waals surface area contributed by atoms with Crippen molar-refractivity contribution in [2.75, 3.05) is 0 Å². The van der Waals surface area contributed by atoms with E-state index in [-0.39, 0.29) is 16.9 Å². The highest BCUT2D eigenvalue weighted by molar-refractivity contribution is 5.94. The Balaban J connectivity index is 1.84. The number of carbonyl (C=O) groups is 1. The fraction of sp³-hybridized carbons (Fsp3) is 0. The quantitative estimate of drug-likeness (QED) is 0.312. The molecule has 124 valence electrons. The highest BCUT2D eigenvalue weighted by atomic mass is 16.5. The summed E-state index contributed by atoms with van der Waals surface area (Å²) in [5.41, 5.74) is -0.0301. The Morgan fingerprint density at radius 2 is 1.73 bits per heavy atom. The third-order valence-electron chi connectivity index (χ3n) is 3.50. The first-order valence-corrected chi connectivity index (χ1v) is 7.48. The molecule has 1 heterocycles. The van der Waals surface area contributed by atoms with E-state index in [1.165, 1.54) is 24.3 Å². The van der Waals surface area contributed by atoms with Crippen LogP contribution in [0.15, 0.2) is 69.4 Å². The van der Waals surface area contributed by atoms with Crippen molar-refractivity contribution < 1.29 is 13.9 Å². The van der Waals surface area contributed by atoms with Gasteiger partial charge in [0.25, 0.3) is 0 Å². The Bertz CT molecular complexity index is 1140. The van der Waals surface area contributed by atoms with E-state index in [0.29, 0.717) is 16.5 Å². The first-order valence-electron chi connectivity index (χ1n) is 7.48. The van der Waals surface area contributed by atoms with Crippen molar-refractivity contribution in [2.24, 2.45) is 0 Å². The molecule has 0 saturated heterocycles. The summed E-state index contributed by atoms with van der Waals surface area (Å²) in [5.74, 6) is -0.613. The lowest BCUT2D eigenvalue weighted by Crippen LogP contribution is -2.18. The number of nitrogens with zero attached hydrogens (tertiary/aromatic N) is 2. The molecular formula is C20H10N2O4. The molecule has 0 aliphatic carbocycles. The van der Waals surface area contributed by atoms with E-state index in [1.807, 2.05) is 0 Å². The molecule has 3 rings (SSSR count). The van der Waals surface area contributed by atoms with Gasteiger partial charge in [0, 0.05) is 5.39 Å². The van der Waals surface area contributed by atoms with Gasteiger partial charge in [-0.05, 0) is 35.9 Å². The van der Waals surface area contributed by atoms with Crippen LogP contribution in [0.25, 0.3) is 17.0 Å². The number of fused-ring (bicyclic) bond motifs is 1. The summed E-state index contributed by atoms with van der Waals surface area (Å²) in [7, 11) is 0. The van der Waals surface area contributed by atoms with Crippen molar-refractivity contribution in [1.82, 2.24) is 0 Å². The summed E-state index contributed by atoms with van der Waals surface area (Å²) in [5, 5.41) is 18.1. The first kappa shape index (κ1) is 16.7. The van der Waals surface area contributed by atoms with Gasteiger partial charge in [0.15, 0.2) is 0 Å². The molecule has 26 heavy (non-hydrogen) atoms. The molecule has 0 spiro atoms. The molecule has 6 nitrogen and oxygen atoms in total. The van der Waals surface area contributed by atoms with Crippen LogP contribution in [0.5, 0.6) is 5.75 Å². The Morgan fingerprint density at radius 1 is 1.04 bits per heavy atom. The number of allylic oxidation sites excluding steroid dienone is 1. The normalized spacial score (nSPS) is 9.77. The van der Waals surface area contributed by atoms with E-state index < -0.39 is 11.6 Å². The van der Waals surface area contributed by atoms with E-state index in [0.717, 1.165) is 0 Å². The van der Waals surface area contributed by atoms with Gasteiger partial charge in [-0.1, -0.05) is 30.3 Å². The van der Waals surface area contributed by atoms with Crippen LogP contribution in [-0.4, -0.2) is 5.97 Å². The molecule has 0 atom stereocenters. The highest BCUT2D eigenvalue weighted by Crippen LogP contribution is 2.17. The monoisotopic (exact) mass is 342 g/mol. The Kier molecular flexibility index (Phi) is 4.60. The second kappa shape index (κ2) is 7.16. The zero-order valence-corrected chi connectivity index (χ0v) is 13.3. The lowest BCUT2D eigenvalue weighted by Gasteiger charge is -2.05. The van der Waals surface area contributed by atoms with Crippen molar-refractivity contribution >= 4 is 23.0 Å². The van der Waals surface area contributed by atoms with E-state index in [1.54, 1.807) is 48.5 Å². The van der Waals surface area contributed by atoms with Gasteiger partial charge in [-0.2, -0.15) is 10.5 Å². The summed E-state index contributed by atoms with van der Waals surface area (Å²) < 4.78 is 10.3. The summed E-state index contributed by atoms with van der Waals surface area (Å²) in [6.45, 7) is 0. The number of nitriles is 2. The number of carbonyl (C=O) groups excluding carboxylic acids is 1. The largest absolute Gasteiger partial charge is 0.423 e. The number of benzene rings is 2. The lowest BCUT2D eigenvalue weighted by atomic mass is 10.1. The van der Waals surface area contributed by atoms with Crippen molar-refractivity contribution in [3.05, 3.63) is 81.7 Å². The zero-order chi connectivity index (χ0) is 18.5. The average Bonchev–Trinajstić information content (AvgIpc) is 2.66. The molecule has 6 heteroatoms. The van der Waals surface area contributed by atoms with Crippen molar-refractivity contribution in [3.8, 4) is 17.9 Å². The maximum absolute atomic E-state index is 12.3. The molecule has 0 aliphatic rings. The van der Waals surface area contributed by atoms with Crippen LogP contribution in [0.3, 0.4) is 0 Å². The molecule has 0 unspecified atom stereocenters. The number of hydrogen-bond donors (Lipinski definition) is 0. The van der Waals surface area contributed by atoms with Gasteiger partial charge in [-0.15, -0.1) is 0 Å². The van der Waals surface area contributed by atoms with Gasteiger partial charge in [0.2, 0.25) is 0 Å². The van der Waals surface area contributed by atoms with Crippen LogP contribution in [0.2, 0.25) is 0 Å². The smallest absolute Gasteiger partial charge is 0.351 e. The predicted octanol–water partition coefficient (Wildman–Crippen LogP) is 3.44. The number of esters is 1. The molecule has 0 saturated carbocycles. The van der Waals surface area contributed by atoms with Gasteiger partial charge >= 0.3 is 11.6 Å². The van der Waals surface area contributed by atoms with Crippen molar-refractivity contribution in [2.45, 2.75) is 0 Å². The summed E-state index contributed by atoms with van der Waals surface area (Å²) in [6, 6.07) is 17.9. The average molecular weight is 342 g/mol. The van der Waals surface area contributed by atoms with Crippen LogP contribution in [-0.2, 0) is 0 Å². The maximum Gasteiger partial charge on any atom is 0.351 e. The third-order valence-corrected chi connectivity index (χ3v) is 3.50. The van der Waals surface area contributed by atoms with Crippen LogP contribution < -0.4 is 10.4 Å². The Labute approximate surface area is 147 Å². The van der Waals surface area contributed by atoms with E-state index in [2.05, 4.69) is 0 Å². The lowest BCUT2D eigenvalue weighted by molar-refractivity contribution is 0.0730. The molecule has 0 bridgehead atoms. The standard InChI is InChI=1S/C20H10N2O4/c21-11-14(12-22)9-13-5-7-16(8-6-13)25-19(23)17-10-15-3-1-2-4-18(15)26-20(17)24/h1-10H. The van der Waals surface area contributed by atoms with E-state index in [9.17, 15) is 9.59 Å². The number of hydrogen-bond acceptors (Lipinski definition) is 6. The molecule has 0 radical (unpaired) electrons. The number of ether oxygens (including phenoxy) is 1. The molecular weight excluding hydrogens is 332 g/mol. The minimum absolute atomic E-state index is 0.0384. The molecule has 2 aromatic carbocycles. The third kappa shape index (κ3) is 3.50. The molecule has 0 fully saturated rings. The van der Waals surface area contributed by atoms with Gasteiger partial charge in [-0.3, -0.25) is 0 Å². The van der Waals surface area contributed by atoms with Gasteiger partial charge < -0.3 is 9.15 Å². The second-order valence-electron chi connectivity index (χ2n) is 5.23. The van der Waals surface area contributed by atoms with Gasteiger partial charge in [-0.25, -0.2) is 9.59 Å². The summed E-state index contributed by atoms with van der Waals surface area (Å²) in [6.07, 6.45) is 1.41. The topological polar surface area (TPSA) is 104 Å². The second-order valence-corrected chi connectivity index (χ2v) is 5.23. The fourth-order valence-electron chi connectivity index (χ4n) is 2.25. The minimum atomic E-state index is -0.831. The van der Waals surface area contributed by atoms with E-state index in [4.69, 9.17) is 19.7 Å². The van der Waals surface area contributed by atoms with Crippen LogP contribution in [0.4, 0.5) is 0 Å². The highest BCUT2D eigenvalue weighted by Gasteiger charge is 2.16. The van der Waals surface area contributed by atoms with Crippen LogP contribution >= 0.6 is 0 Å². The zero-order valence-electron chi connectivity index (χ0n) is 13.3. The number of para-hydroxylation sites is 1. The Hall–Kier alpha value is -4.16. The minimum Gasteiger partial charge on any atom is -0.423 e. The van der Waals surface area contributed by atoms with Crippen molar-refractivity contribution in [1.29, 1.82) is 10.5 Å². The number of rotatable bonds is 3. The maximum atomic E-state index is 12.3. The summed E-state index contributed by atoms with van der Waals surface area (Å²) in [4.78, 5) is 24.2. The van der Waals surface area contributed by atoms with Crippen molar-refractivity contribution in [3.63, 3.8) is 0 Å². The first-order chi connectivity index (χ1) is 12.6. The van der Waals surface area contributed by atoms with Crippen LogP contribution in [0, 0.1) is 22.7 Å². The summed E-state index contributed by atoms with van der Waals surface area (Å²) >= 11 is 0. The fourth-order valence-corrected chi connectivity index (χ4v) is 2.25. The molecule has 0 amide bonds. The van der Waals surface area contributed by atoms with Gasteiger partial charge in [0.05, 0.1) is 0 Å². The molecule has 3 aromatic rings. The SMILES string of the molecule is N#CC(C#N)=Cc1ccc(OC(=O)c2cc3ccccc3oc2=O)cc1. The van der Waals surface area contributed by atoms with Crippen LogP contribution in [0.1, 0.15) is 15.9 Å².